The highest BCUT2D eigenvalue weighted by atomic mass is 32.2. The molecule has 0 atom stereocenters. The van der Waals surface area contributed by atoms with Gasteiger partial charge in [0.25, 0.3) is 0 Å². The molecule has 166 valence electrons. The lowest BCUT2D eigenvalue weighted by molar-refractivity contribution is -0.113. The van der Waals surface area contributed by atoms with Crippen LogP contribution in [0.4, 0.5) is 5.00 Å². The van der Waals surface area contributed by atoms with Crippen LogP contribution in [0.3, 0.4) is 0 Å². The molecule has 0 radical (unpaired) electrons. The van der Waals surface area contributed by atoms with Gasteiger partial charge in [-0.1, -0.05) is 25.6 Å². The number of hydrogen-bond acceptors (Lipinski definition) is 8. The number of ether oxygens (including phenoxy) is 1. The van der Waals surface area contributed by atoms with Crippen molar-refractivity contribution in [2.45, 2.75) is 52.2 Å². The molecule has 0 saturated carbocycles. The molecule has 3 aromatic heterocycles. The Kier molecular flexibility index (Phi) is 7.90. The summed E-state index contributed by atoms with van der Waals surface area (Å²) >= 11 is 4.45. The molecule has 3 rings (SSSR count). The SMILES string of the molecule is CCc1cc(-c2nnc(SCC(=O)Nc3sc(C)c(CC)c3C(=O)OC)n2CC)cs1. The number of rotatable bonds is 9. The molecule has 0 saturated heterocycles. The van der Waals surface area contributed by atoms with Gasteiger partial charge >= 0.3 is 5.97 Å². The van der Waals surface area contributed by atoms with Crippen LogP contribution in [-0.2, 0) is 28.9 Å². The van der Waals surface area contributed by atoms with E-state index in [0.29, 0.717) is 28.7 Å². The van der Waals surface area contributed by atoms with E-state index in [1.807, 2.05) is 25.3 Å². The first-order valence-corrected chi connectivity index (χ1v) is 12.8. The van der Waals surface area contributed by atoms with Gasteiger partial charge in [0.1, 0.15) is 5.00 Å². The number of carbonyl (C=O) groups is 2. The maximum atomic E-state index is 12.6. The van der Waals surface area contributed by atoms with Crippen LogP contribution in [0.5, 0.6) is 0 Å². The Balaban J connectivity index is 1.73. The molecule has 3 heterocycles. The largest absolute Gasteiger partial charge is 0.465 e. The molecule has 0 aliphatic rings. The summed E-state index contributed by atoms with van der Waals surface area (Å²) in [5, 5.41) is 14.9. The van der Waals surface area contributed by atoms with Crippen LogP contribution >= 0.6 is 34.4 Å². The number of amides is 1. The van der Waals surface area contributed by atoms with Gasteiger partial charge in [0, 0.05) is 27.2 Å². The average molecular weight is 479 g/mol. The standard InChI is InChI=1S/C21H26N4O3S3/c1-6-14-9-13(10-29-14)18-23-24-21(25(18)8-3)30-11-16(26)22-19-17(20(27)28-5)15(7-2)12(4)31-19/h9-10H,6-8,11H2,1-5H3,(H,22,26). The zero-order valence-electron chi connectivity index (χ0n) is 18.3. The molecule has 0 aliphatic carbocycles. The summed E-state index contributed by atoms with van der Waals surface area (Å²) in [6.07, 6.45) is 1.68. The maximum Gasteiger partial charge on any atom is 0.341 e. The first-order chi connectivity index (χ1) is 14.9. The minimum absolute atomic E-state index is 0.168. The van der Waals surface area contributed by atoms with Gasteiger partial charge in [-0.2, -0.15) is 0 Å². The third-order valence-electron chi connectivity index (χ3n) is 4.83. The van der Waals surface area contributed by atoms with Crippen LogP contribution in [0.1, 0.15) is 46.4 Å². The number of carbonyl (C=O) groups excluding carboxylic acids is 2. The molecule has 0 aromatic carbocycles. The van der Waals surface area contributed by atoms with Crippen LogP contribution in [0.15, 0.2) is 16.6 Å². The van der Waals surface area contributed by atoms with Crippen LogP contribution in [0, 0.1) is 6.92 Å². The molecule has 3 aromatic rings. The van der Waals surface area contributed by atoms with Crippen molar-refractivity contribution in [1.29, 1.82) is 0 Å². The Labute approximate surface area is 194 Å². The summed E-state index contributed by atoms with van der Waals surface area (Å²) in [6, 6.07) is 2.14. The normalized spacial score (nSPS) is 11.0. The minimum atomic E-state index is -0.429. The summed E-state index contributed by atoms with van der Waals surface area (Å²) < 4.78 is 6.94. The number of esters is 1. The average Bonchev–Trinajstić information content (AvgIpc) is 3.47. The summed E-state index contributed by atoms with van der Waals surface area (Å²) in [7, 11) is 1.35. The lowest BCUT2D eigenvalue weighted by Gasteiger charge is -2.08. The van der Waals surface area contributed by atoms with Crippen LogP contribution < -0.4 is 5.32 Å². The molecule has 1 amide bonds. The number of nitrogens with zero attached hydrogens (tertiary/aromatic N) is 3. The lowest BCUT2D eigenvalue weighted by Crippen LogP contribution is -2.16. The molecule has 0 unspecified atom stereocenters. The second-order valence-corrected chi connectivity index (χ2v) is 9.89. The highest BCUT2D eigenvalue weighted by Gasteiger charge is 2.23. The maximum absolute atomic E-state index is 12.6. The number of nitrogens with one attached hydrogen (secondary N) is 1. The zero-order valence-corrected chi connectivity index (χ0v) is 20.7. The number of aryl methyl sites for hydroxylation is 2. The molecule has 0 bridgehead atoms. The monoisotopic (exact) mass is 478 g/mol. The lowest BCUT2D eigenvalue weighted by atomic mass is 10.1. The van der Waals surface area contributed by atoms with Crippen molar-refractivity contribution in [1.82, 2.24) is 14.8 Å². The number of hydrogen-bond donors (Lipinski definition) is 1. The van der Waals surface area contributed by atoms with Gasteiger partial charge in [-0.05, 0) is 38.3 Å². The van der Waals surface area contributed by atoms with Gasteiger partial charge in [0.15, 0.2) is 11.0 Å². The second-order valence-electron chi connectivity index (χ2n) is 6.73. The van der Waals surface area contributed by atoms with Crippen molar-refractivity contribution in [2.24, 2.45) is 0 Å². The first kappa shape index (κ1) is 23.5. The van der Waals surface area contributed by atoms with Crippen LogP contribution in [-0.4, -0.2) is 39.5 Å². The van der Waals surface area contributed by atoms with Gasteiger partial charge in [-0.15, -0.1) is 32.9 Å². The minimum Gasteiger partial charge on any atom is -0.465 e. The van der Waals surface area contributed by atoms with Crippen molar-refractivity contribution in [3.8, 4) is 11.4 Å². The van der Waals surface area contributed by atoms with Crippen LogP contribution in [0.2, 0.25) is 0 Å². The van der Waals surface area contributed by atoms with E-state index in [0.717, 1.165) is 28.2 Å². The van der Waals surface area contributed by atoms with Crippen molar-refractivity contribution >= 4 is 51.3 Å². The number of aromatic nitrogens is 3. The van der Waals surface area contributed by atoms with Gasteiger partial charge < -0.3 is 14.6 Å². The Hall–Kier alpha value is -2.17. The molecule has 1 N–H and O–H groups in total. The molecule has 0 spiro atoms. The summed E-state index contributed by atoms with van der Waals surface area (Å²) in [4.78, 5) is 27.2. The highest BCUT2D eigenvalue weighted by molar-refractivity contribution is 7.99. The van der Waals surface area contributed by atoms with Crippen molar-refractivity contribution in [3.63, 3.8) is 0 Å². The van der Waals surface area contributed by atoms with Crippen LogP contribution in [0.25, 0.3) is 11.4 Å². The Morgan fingerprint density at radius 2 is 2.00 bits per heavy atom. The smallest absolute Gasteiger partial charge is 0.341 e. The van der Waals surface area contributed by atoms with E-state index in [4.69, 9.17) is 4.74 Å². The molecular formula is C21H26N4O3S3. The van der Waals surface area contributed by atoms with Gasteiger partial charge in [0.2, 0.25) is 5.91 Å². The molecule has 7 nitrogen and oxygen atoms in total. The molecule has 0 aliphatic heterocycles. The fraction of sp³-hybridized carbons (Fsp3) is 0.429. The Morgan fingerprint density at radius 1 is 1.23 bits per heavy atom. The quantitative estimate of drug-likeness (QED) is 0.343. The summed E-state index contributed by atoms with van der Waals surface area (Å²) in [5.41, 5.74) is 2.42. The predicted octanol–water partition coefficient (Wildman–Crippen LogP) is 5.04. The summed E-state index contributed by atoms with van der Waals surface area (Å²) in [5.74, 6) is 0.355. The van der Waals surface area contributed by atoms with E-state index in [9.17, 15) is 9.59 Å². The third-order valence-corrected chi connectivity index (χ3v) is 7.94. The number of methoxy groups -OCH3 is 1. The van der Waals surface area contributed by atoms with E-state index in [2.05, 4.69) is 33.9 Å². The Morgan fingerprint density at radius 3 is 2.61 bits per heavy atom. The van der Waals surface area contributed by atoms with E-state index < -0.39 is 5.97 Å². The third kappa shape index (κ3) is 5.02. The molecule has 0 fully saturated rings. The molecule has 10 heteroatoms. The van der Waals surface area contributed by atoms with Crippen molar-refractivity contribution in [2.75, 3.05) is 18.2 Å². The van der Waals surface area contributed by atoms with Gasteiger partial charge in [-0.25, -0.2) is 4.79 Å². The zero-order chi connectivity index (χ0) is 22.5. The predicted molar refractivity (Wildman–Crippen MR) is 128 cm³/mol. The topological polar surface area (TPSA) is 86.1 Å². The van der Waals surface area contributed by atoms with E-state index in [1.165, 1.54) is 35.1 Å². The van der Waals surface area contributed by atoms with E-state index in [1.54, 1.807) is 11.3 Å². The molecule has 31 heavy (non-hydrogen) atoms. The molecular weight excluding hydrogens is 452 g/mol. The van der Waals surface area contributed by atoms with Crippen molar-refractivity contribution in [3.05, 3.63) is 32.3 Å². The van der Waals surface area contributed by atoms with Gasteiger partial charge in [0.05, 0.1) is 18.4 Å². The fourth-order valence-corrected chi connectivity index (χ4v) is 6.05. The summed E-state index contributed by atoms with van der Waals surface area (Å²) in [6.45, 7) is 8.80. The number of thioether (sulfide) groups is 1. The van der Waals surface area contributed by atoms with Gasteiger partial charge in [-0.3, -0.25) is 4.79 Å². The first-order valence-electron chi connectivity index (χ1n) is 10.1. The van der Waals surface area contributed by atoms with E-state index >= 15 is 0 Å². The fourth-order valence-electron chi connectivity index (χ4n) is 3.28. The van der Waals surface area contributed by atoms with E-state index in [-0.39, 0.29) is 11.7 Å². The number of anilines is 1. The highest BCUT2D eigenvalue weighted by Crippen LogP contribution is 2.34. The Bertz CT molecular complexity index is 1080. The second kappa shape index (κ2) is 10.4. The van der Waals surface area contributed by atoms with Crippen molar-refractivity contribution < 1.29 is 14.3 Å². The number of thiophene rings is 2.